The number of aromatic nitrogens is 1. The zero-order chi connectivity index (χ0) is 15.5. The van der Waals surface area contributed by atoms with Crippen molar-refractivity contribution < 1.29 is 13.2 Å². The van der Waals surface area contributed by atoms with E-state index < -0.39 is 11.7 Å². The van der Waals surface area contributed by atoms with Crippen LogP contribution in [0.25, 0.3) is 0 Å². The molecule has 21 heavy (non-hydrogen) atoms. The monoisotopic (exact) mass is 296 g/mol. The number of nitrogens with one attached hydrogen (secondary N) is 1. The molecule has 1 heterocycles. The first-order chi connectivity index (χ1) is 9.88. The van der Waals surface area contributed by atoms with Gasteiger partial charge in [-0.05, 0) is 23.6 Å². The van der Waals surface area contributed by atoms with Gasteiger partial charge in [0.05, 0.1) is 11.3 Å². The van der Waals surface area contributed by atoms with E-state index in [1.54, 1.807) is 24.5 Å². The second-order valence-corrected chi connectivity index (χ2v) is 5.50. The first kappa shape index (κ1) is 15.5. The van der Waals surface area contributed by atoms with Gasteiger partial charge in [-0.15, -0.1) is 0 Å². The van der Waals surface area contributed by atoms with Crippen molar-refractivity contribution in [1.82, 2.24) is 4.98 Å². The molecule has 0 aliphatic carbocycles. The summed E-state index contributed by atoms with van der Waals surface area (Å²) < 4.78 is 39.2. The van der Waals surface area contributed by atoms with Crippen molar-refractivity contribution in [3.05, 3.63) is 53.9 Å². The molecule has 0 unspecified atom stereocenters. The van der Waals surface area contributed by atoms with Gasteiger partial charge >= 0.3 is 6.18 Å². The summed E-state index contributed by atoms with van der Waals surface area (Å²) in [5.41, 5.74) is 0.641. The SMILES string of the molecule is CC(C)CN(Cc1ccccc1C(F)(F)F)c1cc[nH]c1. The van der Waals surface area contributed by atoms with Crippen molar-refractivity contribution in [3.63, 3.8) is 0 Å². The molecule has 0 aliphatic heterocycles. The average molecular weight is 296 g/mol. The standard InChI is InChI=1S/C16H19F3N2/c1-12(2)10-21(14-7-8-20-9-14)11-13-5-3-4-6-15(13)16(17,18)19/h3-9,12,20H,10-11H2,1-2H3. The van der Waals surface area contributed by atoms with Gasteiger partial charge in [-0.2, -0.15) is 13.2 Å². The smallest absolute Gasteiger partial charge is 0.366 e. The Kier molecular flexibility index (Phi) is 4.60. The molecule has 0 amide bonds. The fourth-order valence-corrected chi connectivity index (χ4v) is 2.35. The fraction of sp³-hybridized carbons (Fsp3) is 0.375. The number of halogens is 3. The Morgan fingerprint density at radius 3 is 2.43 bits per heavy atom. The second kappa shape index (κ2) is 6.24. The molecule has 0 saturated heterocycles. The lowest BCUT2D eigenvalue weighted by Gasteiger charge is -2.27. The topological polar surface area (TPSA) is 19.0 Å². The molecule has 0 bridgehead atoms. The van der Waals surface area contributed by atoms with E-state index in [0.717, 1.165) is 11.8 Å². The van der Waals surface area contributed by atoms with Gasteiger partial charge in [0.2, 0.25) is 0 Å². The van der Waals surface area contributed by atoms with Gasteiger partial charge in [-0.1, -0.05) is 32.0 Å². The first-order valence-corrected chi connectivity index (χ1v) is 6.90. The van der Waals surface area contributed by atoms with Crippen LogP contribution in [0.4, 0.5) is 18.9 Å². The Morgan fingerprint density at radius 2 is 1.86 bits per heavy atom. The number of anilines is 1. The van der Waals surface area contributed by atoms with Gasteiger partial charge in [-0.3, -0.25) is 0 Å². The maximum atomic E-state index is 13.1. The van der Waals surface area contributed by atoms with Crippen molar-refractivity contribution in [3.8, 4) is 0 Å². The normalized spacial score (nSPS) is 11.9. The van der Waals surface area contributed by atoms with Gasteiger partial charge in [0, 0.05) is 25.5 Å². The lowest BCUT2D eigenvalue weighted by molar-refractivity contribution is -0.138. The predicted octanol–water partition coefficient (Wildman–Crippen LogP) is 4.70. The van der Waals surface area contributed by atoms with Crippen LogP contribution in [0.2, 0.25) is 0 Å². The average Bonchev–Trinajstić information content (AvgIpc) is 2.90. The van der Waals surface area contributed by atoms with Gasteiger partial charge in [0.1, 0.15) is 0 Å². The molecule has 2 aromatic rings. The molecular formula is C16H19F3N2. The quantitative estimate of drug-likeness (QED) is 0.847. The summed E-state index contributed by atoms with van der Waals surface area (Å²) in [5, 5.41) is 0. The maximum absolute atomic E-state index is 13.1. The maximum Gasteiger partial charge on any atom is 0.416 e. The minimum absolute atomic E-state index is 0.242. The minimum atomic E-state index is -4.32. The Hall–Kier alpha value is -1.91. The third kappa shape index (κ3) is 4.03. The van der Waals surface area contributed by atoms with Crippen LogP contribution in [0.15, 0.2) is 42.7 Å². The molecule has 0 aliphatic rings. The van der Waals surface area contributed by atoms with E-state index in [0.29, 0.717) is 18.0 Å². The van der Waals surface area contributed by atoms with Crippen molar-refractivity contribution in [2.45, 2.75) is 26.6 Å². The van der Waals surface area contributed by atoms with E-state index in [1.165, 1.54) is 6.07 Å². The summed E-state index contributed by atoms with van der Waals surface area (Å²) in [5.74, 6) is 0.359. The Balaban J connectivity index is 2.29. The molecule has 1 aromatic heterocycles. The van der Waals surface area contributed by atoms with E-state index in [9.17, 15) is 13.2 Å². The Bertz CT molecular complexity index is 559. The number of rotatable bonds is 5. The highest BCUT2D eigenvalue weighted by molar-refractivity contribution is 5.46. The first-order valence-electron chi connectivity index (χ1n) is 6.90. The minimum Gasteiger partial charge on any atom is -0.366 e. The van der Waals surface area contributed by atoms with Crippen molar-refractivity contribution in [2.24, 2.45) is 5.92 Å². The van der Waals surface area contributed by atoms with Crippen LogP contribution >= 0.6 is 0 Å². The highest BCUT2D eigenvalue weighted by atomic mass is 19.4. The van der Waals surface area contributed by atoms with Crippen LogP contribution in [0, 0.1) is 5.92 Å². The summed E-state index contributed by atoms with van der Waals surface area (Å²) in [4.78, 5) is 4.91. The van der Waals surface area contributed by atoms with Gasteiger partial charge in [0.15, 0.2) is 0 Å². The third-order valence-electron chi connectivity index (χ3n) is 3.22. The molecule has 2 nitrogen and oxygen atoms in total. The fourth-order valence-electron chi connectivity index (χ4n) is 2.35. The molecule has 114 valence electrons. The Morgan fingerprint density at radius 1 is 1.14 bits per heavy atom. The van der Waals surface area contributed by atoms with Crippen LogP contribution in [0.5, 0.6) is 0 Å². The number of nitrogens with zero attached hydrogens (tertiary/aromatic N) is 1. The highest BCUT2D eigenvalue weighted by Crippen LogP contribution is 2.33. The van der Waals surface area contributed by atoms with E-state index in [1.807, 2.05) is 11.0 Å². The number of hydrogen-bond acceptors (Lipinski definition) is 1. The van der Waals surface area contributed by atoms with Gasteiger partial charge in [-0.25, -0.2) is 0 Å². The largest absolute Gasteiger partial charge is 0.416 e. The highest BCUT2D eigenvalue weighted by Gasteiger charge is 2.33. The van der Waals surface area contributed by atoms with E-state index in [-0.39, 0.29) is 6.54 Å². The number of H-pyrrole nitrogens is 1. The molecule has 0 spiro atoms. The molecule has 0 fully saturated rings. The summed E-state index contributed by atoms with van der Waals surface area (Å²) in [6, 6.07) is 7.63. The lowest BCUT2D eigenvalue weighted by atomic mass is 10.1. The molecule has 1 N–H and O–H groups in total. The van der Waals surface area contributed by atoms with Gasteiger partial charge < -0.3 is 9.88 Å². The third-order valence-corrected chi connectivity index (χ3v) is 3.22. The van der Waals surface area contributed by atoms with Crippen LogP contribution < -0.4 is 4.90 Å². The zero-order valence-corrected chi connectivity index (χ0v) is 12.1. The zero-order valence-electron chi connectivity index (χ0n) is 12.1. The number of alkyl halides is 3. The van der Waals surface area contributed by atoms with Crippen molar-refractivity contribution in [1.29, 1.82) is 0 Å². The van der Waals surface area contributed by atoms with Crippen molar-refractivity contribution in [2.75, 3.05) is 11.4 Å². The molecule has 0 atom stereocenters. The van der Waals surface area contributed by atoms with E-state index in [4.69, 9.17) is 0 Å². The summed E-state index contributed by atoms with van der Waals surface area (Å²) in [6.07, 6.45) is -0.741. The molecule has 1 aromatic carbocycles. The number of aromatic amines is 1. The second-order valence-electron chi connectivity index (χ2n) is 5.50. The summed E-state index contributed by atoms with van der Waals surface area (Å²) in [7, 11) is 0. The molecule has 0 saturated carbocycles. The molecule has 0 radical (unpaired) electrons. The van der Waals surface area contributed by atoms with Crippen LogP contribution in [0.3, 0.4) is 0 Å². The number of benzene rings is 1. The van der Waals surface area contributed by atoms with E-state index >= 15 is 0 Å². The predicted molar refractivity (Wildman–Crippen MR) is 78.1 cm³/mol. The van der Waals surface area contributed by atoms with Crippen LogP contribution in [-0.4, -0.2) is 11.5 Å². The summed E-state index contributed by atoms with van der Waals surface area (Å²) >= 11 is 0. The van der Waals surface area contributed by atoms with Crippen molar-refractivity contribution >= 4 is 5.69 Å². The van der Waals surface area contributed by atoms with Crippen LogP contribution in [0.1, 0.15) is 25.0 Å². The molecule has 2 rings (SSSR count). The number of hydrogen-bond donors (Lipinski definition) is 1. The molecular weight excluding hydrogens is 277 g/mol. The summed E-state index contributed by atoms with van der Waals surface area (Å²) in [6.45, 7) is 5.04. The lowest BCUT2D eigenvalue weighted by Crippen LogP contribution is -2.28. The molecule has 5 heteroatoms. The van der Waals surface area contributed by atoms with Gasteiger partial charge in [0.25, 0.3) is 0 Å². The Labute approximate surface area is 122 Å². The van der Waals surface area contributed by atoms with Crippen LogP contribution in [-0.2, 0) is 12.7 Å². The van der Waals surface area contributed by atoms with E-state index in [2.05, 4.69) is 18.8 Å².